The lowest BCUT2D eigenvalue weighted by molar-refractivity contribution is 0.0595. The highest BCUT2D eigenvalue weighted by molar-refractivity contribution is 7.14. The zero-order chi connectivity index (χ0) is 13.1. The summed E-state index contributed by atoms with van der Waals surface area (Å²) in [6.45, 7) is 0. The smallest absolute Gasteiger partial charge is 0.357 e. The van der Waals surface area contributed by atoms with Crippen LogP contribution in [-0.4, -0.2) is 18.1 Å². The van der Waals surface area contributed by atoms with E-state index in [1.807, 2.05) is 0 Å². The van der Waals surface area contributed by atoms with Gasteiger partial charge in [-0.25, -0.2) is 14.2 Å². The third-order valence-electron chi connectivity index (χ3n) is 2.07. The highest BCUT2D eigenvalue weighted by Gasteiger charge is 2.11. The third-order valence-corrected chi connectivity index (χ3v) is 3.13. The van der Waals surface area contributed by atoms with Gasteiger partial charge in [0.15, 0.2) is 10.8 Å². The van der Waals surface area contributed by atoms with Gasteiger partial charge < -0.3 is 10.1 Å². The molecular weight excluding hydrogens is 279 g/mol. The molecule has 0 unspecified atom stereocenters. The van der Waals surface area contributed by atoms with Crippen molar-refractivity contribution < 1.29 is 13.9 Å². The first kappa shape index (κ1) is 12.8. The largest absolute Gasteiger partial charge is 0.464 e. The van der Waals surface area contributed by atoms with E-state index in [0.29, 0.717) is 10.8 Å². The molecule has 0 amide bonds. The molecule has 0 atom stereocenters. The van der Waals surface area contributed by atoms with Crippen molar-refractivity contribution in [3.63, 3.8) is 0 Å². The fourth-order valence-corrected chi connectivity index (χ4v) is 2.04. The van der Waals surface area contributed by atoms with E-state index in [9.17, 15) is 9.18 Å². The van der Waals surface area contributed by atoms with Crippen molar-refractivity contribution in [3.8, 4) is 0 Å². The molecule has 2 aromatic rings. The number of halogens is 2. The Morgan fingerprint density at radius 1 is 1.56 bits per heavy atom. The van der Waals surface area contributed by atoms with E-state index in [1.165, 1.54) is 30.6 Å². The van der Waals surface area contributed by atoms with E-state index in [-0.39, 0.29) is 10.7 Å². The van der Waals surface area contributed by atoms with Crippen molar-refractivity contribution in [1.29, 1.82) is 0 Å². The zero-order valence-corrected chi connectivity index (χ0v) is 10.8. The van der Waals surface area contributed by atoms with Crippen LogP contribution in [0.3, 0.4) is 0 Å². The molecular formula is C11H8ClFN2O2S. The summed E-state index contributed by atoms with van der Waals surface area (Å²) in [5.74, 6) is -1.03. The molecule has 94 valence electrons. The Balaban J connectivity index is 2.16. The number of hydrogen-bond donors (Lipinski definition) is 1. The second kappa shape index (κ2) is 5.32. The van der Waals surface area contributed by atoms with E-state index in [0.717, 1.165) is 0 Å². The van der Waals surface area contributed by atoms with Crippen molar-refractivity contribution in [2.24, 2.45) is 0 Å². The Morgan fingerprint density at radius 2 is 2.33 bits per heavy atom. The summed E-state index contributed by atoms with van der Waals surface area (Å²) in [6, 6.07) is 4.31. The van der Waals surface area contributed by atoms with Gasteiger partial charge >= 0.3 is 5.97 Å². The maximum absolute atomic E-state index is 13.2. The van der Waals surface area contributed by atoms with Gasteiger partial charge in [0.25, 0.3) is 0 Å². The number of aromatic nitrogens is 1. The van der Waals surface area contributed by atoms with Gasteiger partial charge in [-0.2, -0.15) is 0 Å². The van der Waals surface area contributed by atoms with E-state index < -0.39 is 11.8 Å². The summed E-state index contributed by atoms with van der Waals surface area (Å²) in [4.78, 5) is 15.2. The monoisotopic (exact) mass is 286 g/mol. The van der Waals surface area contributed by atoms with Gasteiger partial charge in [0.2, 0.25) is 0 Å². The molecule has 0 radical (unpaired) electrons. The Kier molecular flexibility index (Phi) is 3.78. The van der Waals surface area contributed by atoms with Crippen molar-refractivity contribution in [2.45, 2.75) is 0 Å². The molecule has 1 N–H and O–H groups in total. The van der Waals surface area contributed by atoms with Gasteiger partial charge in [-0.15, -0.1) is 11.3 Å². The topological polar surface area (TPSA) is 51.2 Å². The molecule has 0 saturated carbocycles. The summed E-state index contributed by atoms with van der Waals surface area (Å²) in [6.07, 6.45) is 0. The lowest BCUT2D eigenvalue weighted by atomic mass is 10.3. The van der Waals surface area contributed by atoms with Crippen LogP contribution in [0.2, 0.25) is 5.02 Å². The van der Waals surface area contributed by atoms with Crippen LogP contribution in [0.5, 0.6) is 0 Å². The number of ether oxygens (including phenoxy) is 1. The predicted octanol–water partition coefficient (Wildman–Crippen LogP) is 3.47. The van der Waals surface area contributed by atoms with Crippen molar-refractivity contribution in [3.05, 3.63) is 40.1 Å². The van der Waals surface area contributed by atoms with Crippen LogP contribution in [-0.2, 0) is 4.74 Å². The van der Waals surface area contributed by atoms with E-state index >= 15 is 0 Å². The molecule has 0 aliphatic carbocycles. The van der Waals surface area contributed by atoms with Crippen molar-refractivity contribution in [1.82, 2.24) is 4.98 Å². The summed E-state index contributed by atoms with van der Waals surface area (Å²) >= 11 is 6.79. The molecule has 0 fully saturated rings. The normalized spacial score (nSPS) is 10.2. The van der Waals surface area contributed by atoms with Crippen molar-refractivity contribution in [2.75, 3.05) is 12.4 Å². The van der Waals surface area contributed by atoms with Crippen LogP contribution in [0, 0.1) is 5.82 Å². The summed E-state index contributed by atoms with van der Waals surface area (Å²) < 4.78 is 17.7. The molecule has 1 aromatic carbocycles. The third kappa shape index (κ3) is 2.77. The minimum atomic E-state index is -0.522. The average Bonchev–Trinajstić information content (AvgIpc) is 2.81. The van der Waals surface area contributed by atoms with Gasteiger partial charge in [-0.05, 0) is 18.2 Å². The van der Waals surface area contributed by atoms with E-state index in [1.54, 1.807) is 11.4 Å². The minimum Gasteiger partial charge on any atom is -0.464 e. The molecule has 0 aliphatic rings. The molecule has 2 rings (SSSR count). The lowest BCUT2D eigenvalue weighted by Gasteiger charge is -2.02. The fourth-order valence-electron chi connectivity index (χ4n) is 1.23. The second-order valence-electron chi connectivity index (χ2n) is 3.28. The van der Waals surface area contributed by atoms with Crippen LogP contribution < -0.4 is 5.32 Å². The van der Waals surface area contributed by atoms with Crippen LogP contribution in [0.1, 0.15) is 10.5 Å². The van der Waals surface area contributed by atoms with Gasteiger partial charge in [-0.3, -0.25) is 0 Å². The number of carbonyl (C=O) groups is 1. The van der Waals surface area contributed by atoms with E-state index in [4.69, 9.17) is 11.6 Å². The molecule has 18 heavy (non-hydrogen) atoms. The molecule has 4 nitrogen and oxygen atoms in total. The molecule has 1 aromatic heterocycles. The van der Waals surface area contributed by atoms with Crippen LogP contribution >= 0.6 is 22.9 Å². The first-order valence-corrected chi connectivity index (χ1v) is 6.12. The Morgan fingerprint density at radius 3 is 3.00 bits per heavy atom. The molecule has 0 bridgehead atoms. The molecule has 7 heteroatoms. The standard InChI is InChI=1S/C11H8ClFN2O2S/c1-17-10(16)9-5-18-11(15-9)14-6-2-3-7(12)8(13)4-6/h2-5H,1H3,(H,14,15). The van der Waals surface area contributed by atoms with Crippen LogP contribution in [0.15, 0.2) is 23.6 Å². The fraction of sp³-hybridized carbons (Fsp3) is 0.0909. The number of benzene rings is 1. The maximum Gasteiger partial charge on any atom is 0.357 e. The van der Waals surface area contributed by atoms with Gasteiger partial charge in [0.05, 0.1) is 12.1 Å². The van der Waals surface area contributed by atoms with Crippen LogP contribution in [0.4, 0.5) is 15.2 Å². The number of nitrogens with zero attached hydrogens (tertiary/aromatic N) is 1. The molecule has 0 aliphatic heterocycles. The zero-order valence-electron chi connectivity index (χ0n) is 9.24. The first-order chi connectivity index (χ1) is 8.60. The number of nitrogens with one attached hydrogen (secondary N) is 1. The lowest BCUT2D eigenvalue weighted by Crippen LogP contribution is -2.01. The minimum absolute atomic E-state index is 0.0509. The SMILES string of the molecule is COC(=O)c1csc(Nc2ccc(Cl)c(F)c2)n1. The second-order valence-corrected chi connectivity index (χ2v) is 4.55. The van der Waals surface area contributed by atoms with Crippen molar-refractivity contribution >= 4 is 39.7 Å². The molecule has 0 spiro atoms. The summed E-state index contributed by atoms with van der Waals surface area (Å²) in [7, 11) is 1.28. The summed E-state index contributed by atoms with van der Waals surface area (Å²) in [5.41, 5.74) is 0.710. The average molecular weight is 287 g/mol. The predicted molar refractivity (Wildman–Crippen MR) is 68.1 cm³/mol. The van der Waals surface area contributed by atoms with Crippen LogP contribution in [0.25, 0.3) is 0 Å². The summed E-state index contributed by atoms with van der Waals surface area (Å²) in [5, 5.41) is 4.95. The number of anilines is 2. The maximum atomic E-state index is 13.2. The Hall–Kier alpha value is -1.66. The van der Waals surface area contributed by atoms with Gasteiger partial charge in [0, 0.05) is 11.1 Å². The number of esters is 1. The van der Waals surface area contributed by atoms with Gasteiger partial charge in [-0.1, -0.05) is 11.6 Å². The number of carbonyl (C=O) groups excluding carboxylic acids is 1. The first-order valence-electron chi connectivity index (χ1n) is 4.86. The number of rotatable bonds is 3. The number of thiazole rings is 1. The Bertz CT molecular complexity index is 588. The molecule has 1 heterocycles. The highest BCUT2D eigenvalue weighted by atomic mass is 35.5. The highest BCUT2D eigenvalue weighted by Crippen LogP contribution is 2.24. The van der Waals surface area contributed by atoms with Gasteiger partial charge in [0.1, 0.15) is 5.82 Å². The quantitative estimate of drug-likeness (QED) is 0.878. The number of methoxy groups -OCH3 is 1. The number of hydrogen-bond acceptors (Lipinski definition) is 5. The van der Waals surface area contributed by atoms with E-state index in [2.05, 4.69) is 15.0 Å². The Labute approximate surface area is 111 Å². The molecule has 0 saturated heterocycles.